The van der Waals surface area contributed by atoms with Gasteiger partial charge >= 0.3 is 0 Å². The Labute approximate surface area is 80.6 Å². The maximum absolute atomic E-state index is 5.23. The van der Waals surface area contributed by atoms with Crippen molar-refractivity contribution in [2.24, 2.45) is 0 Å². The van der Waals surface area contributed by atoms with Crippen LogP contribution >= 0.6 is 0 Å². The highest BCUT2D eigenvalue weighted by Crippen LogP contribution is 2.13. The number of nitrogens with zero attached hydrogens (tertiary/aromatic N) is 2. The Bertz CT molecular complexity index is 160. The Kier molecular flexibility index (Phi) is 2.86. The van der Waals surface area contributed by atoms with E-state index >= 15 is 0 Å². The third-order valence-electron chi connectivity index (χ3n) is 3.00. The number of epoxide rings is 1. The van der Waals surface area contributed by atoms with Crippen molar-refractivity contribution in [3.8, 4) is 0 Å². The maximum atomic E-state index is 5.23. The van der Waals surface area contributed by atoms with Crippen molar-refractivity contribution in [2.75, 3.05) is 39.3 Å². The first-order chi connectivity index (χ1) is 6.25. The highest BCUT2D eigenvalue weighted by atomic mass is 16.6. The highest BCUT2D eigenvalue weighted by molar-refractivity contribution is 4.79. The molecule has 1 atom stereocenters. The summed E-state index contributed by atoms with van der Waals surface area (Å²) >= 11 is 0. The first-order valence-corrected chi connectivity index (χ1v) is 5.33. The number of rotatable bonds is 3. The summed E-state index contributed by atoms with van der Waals surface area (Å²) in [5.41, 5.74) is 0. The Morgan fingerprint density at radius 2 is 1.85 bits per heavy atom. The quantitative estimate of drug-likeness (QED) is 0.592. The fraction of sp³-hybridized carbons (Fsp3) is 1.00. The predicted octanol–water partition coefficient (Wildman–Crippen LogP) is 0.411. The molecule has 0 radical (unpaired) electrons. The molecule has 2 fully saturated rings. The van der Waals surface area contributed by atoms with Crippen LogP contribution in [-0.2, 0) is 4.74 Å². The fourth-order valence-corrected chi connectivity index (χ4v) is 1.92. The molecule has 2 heterocycles. The largest absolute Gasteiger partial charge is 0.372 e. The van der Waals surface area contributed by atoms with Crippen molar-refractivity contribution in [2.45, 2.75) is 26.0 Å². The molecule has 13 heavy (non-hydrogen) atoms. The topological polar surface area (TPSA) is 19.0 Å². The normalized spacial score (nSPS) is 31.2. The molecule has 0 aliphatic carbocycles. The van der Waals surface area contributed by atoms with E-state index in [9.17, 15) is 0 Å². The zero-order chi connectivity index (χ0) is 9.26. The van der Waals surface area contributed by atoms with Crippen LogP contribution in [0.25, 0.3) is 0 Å². The lowest BCUT2D eigenvalue weighted by molar-refractivity contribution is 0.103. The molecule has 0 saturated carbocycles. The van der Waals surface area contributed by atoms with Crippen molar-refractivity contribution < 1.29 is 4.74 Å². The zero-order valence-corrected chi connectivity index (χ0v) is 8.70. The van der Waals surface area contributed by atoms with Gasteiger partial charge in [-0.05, 0) is 13.8 Å². The van der Waals surface area contributed by atoms with E-state index in [0.29, 0.717) is 12.1 Å². The van der Waals surface area contributed by atoms with Crippen LogP contribution in [0.4, 0.5) is 0 Å². The molecule has 2 aliphatic heterocycles. The van der Waals surface area contributed by atoms with Crippen LogP contribution in [0, 0.1) is 0 Å². The van der Waals surface area contributed by atoms with E-state index in [1.807, 2.05) is 0 Å². The summed E-state index contributed by atoms with van der Waals surface area (Å²) in [7, 11) is 0. The summed E-state index contributed by atoms with van der Waals surface area (Å²) < 4.78 is 5.23. The lowest BCUT2D eigenvalue weighted by Crippen LogP contribution is -2.49. The summed E-state index contributed by atoms with van der Waals surface area (Å²) in [5.74, 6) is 0. The predicted molar refractivity (Wildman–Crippen MR) is 52.9 cm³/mol. The molecule has 3 heteroatoms. The molecule has 2 saturated heterocycles. The first-order valence-electron chi connectivity index (χ1n) is 5.33. The maximum Gasteiger partial charge on any atom is 0.0936 e. The van der Waals surface area contributed by atoms with Crippen molar-refractivity contribution in [1.29, 1.82) is 0 Å². The smallest absolute Gasteiger partial charge is 0.0936 e. The van der Waals surface area contributed by atoms with E-state index in [0.717, 1.165) is 13.2 Å². The molecule has 0 aromatic heterocycles. The molecule has 0 aromatic rings. The molecule has 0 N–H and O–H groups in total. The molecule has 3 nitrogen and oxygen atoms in total. The van der Waals surface area contributed by atoms with E-state index in [4.69, 9.17) is 4.74 Å². The highest BCUT2D eigenvalue weighted by Gasteiger charge is 2.27. The van der Waals surface area contributed by atoms with Crippen LogP contribution in [0.15, 0.2) is 0 Å². The molecule has 76 valence electrons. The Balaban J connectivity index is 1.69. The Hall–Kier alpha value is -0.120. The van der Waals surface area contributed by atoms with Crippen molar-refractivity contribution in [3.05, 3.63) is 0 Å². The van der Waals surface area contributed by atoms with Gasteiger partial charge in [-0.2, -0.15) is 0 Å². The second kappa shape index (κ2) is 3.95. The number of ether oxygens (including phenoxy) is 1. The van der Waals surface area contributed by atoms with Crippen LogP contribution in [0.1, 0.15) is 13.8 Å². The molecule has 0 amide bonds. The lowest BCUT2D eigenvalue weighted by Gasteiger charge is -2.36. The monoisotopic (exact) mass is 184 g/mol. The molecular weight excluding hydrogens is 164 g/mol. The van der Waals surface area contributed by atoms with E-state index in [-0.39, 0.29) is 0 Å². The van der Waals surface area contributed by atoms with Crippen LogP contribution in [0.2, 0.25) is 0 Å². The van der Waals surface area contributed by atoms with E-state index in [1.54, 1.807) is 0 Å². The molecule has 0 spiro atoms. The van der Waals surface area contributed by atoms with E-state index < -0.39 is 0 Å². The summed E-state index contributed by atoms with van der Waals surface area (Å²) in [6.07, 6.45) is 0.561. The van der Waals surface area contributed by atoms with Gasteiger partial charge in [0.15, 0.2) is 0 Å². The molecule has 0 unspecified atom stereocenters. The third-order valence-corrected chi connectivity index (χ3v) is 3.00. The first kappa shape index (κ1) is 9.44. The minimum atomic E-state index is 0.561. The average molecular weight is 184 g/mol. The van der Waals surface area contributed by atoms with Gasteiger partial charge in [-0.1, -0.05) is 0 Å². The number of hydrogen-bond donors (Lipinski definition) is 0. The van der Waals surface area contributed by atoms with Gasteiger partial charge in [0.1, 0.15) is 0 Å². The van der Waals surface area contributed by atoms with Gasteiger partial charge in [0, 0.05) is 38.8 Å². The zero-order valence-electron chi connectivity index (χ0n) is 8.70. The van der Waals surface area contributed by atoms with Gasteiger partial charge in [0.25, 0.3) is 0 Å². The molecule has 0 aromatic carbocycles. The Morgan fingerprint density at radius 3 is 2.31 bits per heavy atom. The second-order valence-corrected chi connectivity index (χ2v) is 4.39. The van der Waals surface area contributed by atoms with Crippen molar-refractivity contribution >= 4 is 0 Å². The number of piperazine rings is 1. The minimum Gasteiger partial charge on any atom is -0.372 e. The van der Waals surface area contributed by atoms with E-state index in [2.05, 4.69) is 23.6 Å². The fourth-order valence-electron chi connectivity index (χ4n) is 1.92. The van der Waals surface area contributed by atoms with Gasteiger partial charge in [-0.25, -0.2) is 0 Å². The van der Waals surface area contributed by atoms with Crippen LogP contribution in [-0.4, -0.2) is 61.3 Å². The lowest BCUT2D eigenvalue weighted by atomic mass is 10.2. The molecule has 2 aliphatic rings. The molecular formula is C10H20N2O. The van der Waals surface area contributed by atoms with Crippen molar-refractivity contribution in [3.63, 3.8) is 0 Å². The summed E-state index contributed by atoms with van der Waals surface area (Å²) in [6.45, 7) is 11.6. The summed E-state index contributed by atoms with van der Waals surface area (Å²) in [5, 5.41) is 0. The Morgan fingerprint density at radius 1 is 1.23 bits per heavy atom. The third kappa shape index (κ3) is 2.66. The molecule has 2 rings (SSSR count). The van der Waals surface area contributed by atoms with Crippen LogP contribution in [0.3, 0.4) is 0 Å². The summed E-state index contributed by atoms with van der Waals surface area (Å²) in [6, 6.07) is 0.708. The average Bonchev–Trinajstić information content (AvgIpc) is 2.89. The van der Waals surface area contributed by atoms with Crippen LogP contribution in [0.5, 0.6) is 0 Å². The van der Waals surface area contributed by atoms with Crippen molar-refractivity contribution in [1.82, 2.24) is 9.80 Å². The molecule has 0 bridgehead atoms. The van der Waals surface area contributed by atoms with Gasteiger partial charge in [-0.3, -0.25) is 9.80 Å². The van der Waals surface area contributed by atoms with Crippen LogP contribution < -0.4 is 0 Å². The standard InChI is InChI=1S/C10H20N2O/c1-9(2)12-5-3-11(4-6-12)7-10-8-13-10/h9-10H,3-8H2,1-2H3/t10-/m0/s1. The summed E-state index contributed by atoms with van der Waals surface area (Å²) in [4.78, 5) is 5.07. The minimum absolute atomic E-state index is 0.561. The van der Waals surface area contributed by atoms with Gasteiger partial charge in [-0.15, -0.1) is 0 Å². The van der Waals surface area contributed by atoms with Gasteiger partial charge in [0.05, 0.1) is 12.7 Å². The SMILES string of the molecule is CC(C)N1CCN(C[C@H]2CO2)CC1. The van der Waals surface area contributed by atoms with E-state index in [1.165, 1.54) is 26.2 Å². The number of hydrogen-bond acceptors (Lipinski definition) is 3. The second-order valence-electron chi connectivity index (χ2n) is 4.39. The van der Waals surface area contributed by atoms with Gasteiger partial charge < -0.3 is 4.74 Å². The van der Waals surface area contributed by atoms with Gasteiger partial charge in [0.2, 0.25) is 0 Å².